The fourth-order valence-corrected chi connectivity index (χ4v) is 4.22. The van der Waals surface area contributed by atoms with E-state index in [1.165, 1.54) is 17.5 Å². The first-order valence-electron chi connectivity index (χ1n) is 9.99. The molecule has 0 saturated carbocycles. The third-order valence-electron chi connectivity index (χ3n) is 5.09. The molecule has 3 heterocycles. The van der Waals surface area contributed by atoms with Crippen LogP contribution < -0.4 is 14.8 Å². The van der Waals surface area contributed by atoms with Crippen molar-refractivity contribution in [2.75, 3.05) is 19.0 Å². The van der Waals surface area contributed by atoms with E-state index in [1.807, 2.05) is 36.6 Å². The number of benzene rings is 1. The van der Waals surface area contributed by atoms with Gasteiger partial charge in [-0.3, -0.25) is 9.59 Å². The molecule has 1 atom stereocenters. The van der Waals surface area contributed by atoms with Gasteiger partial charge >= 0.3 is 0 Å². The van der Waals surface area contributed by atoms with Gasteiger partial charge in [-0.1, -0.05) is 12.1 Å². The summed E-state index contributed by atoms with van der Waals surface area (Å²) < 4.78 is 11.2. The lowest BCUT2D eigenvalue weighted by Gasteiger charge is -2.23. The Balaban J connectivity index is 1.40. The molecule has 7 nitrogen and oxygen atoms in total. The Morgan fingerprint density at radius 1 is 1.19 bits per heavy atom. The number of rotatable bonds is 6. The van der Waals surface area contributed by atoms with Crippen LogP contribution in [0.15, 0.2) is 54.0 Å². The summed E-state index contributed by atoms with van der Waals surface area (Å²) in [6.07, 6.45) is 2.98. The predicted octanol–water partition coefficient (Wildman–Crippen LogP) is 4.50. The maximum atomic E-state index is 12.8. The fraction of sp³-hybridized carbons (Fsp3) is 0.261. The Morgan fingerprint density at radius 2 is 2.06 bits per heavy atom. The average molecular weight is 438 g/mol. The van der Waals surface area contributed by atoms with E-state index in [1.54, 1.807) is 30.2 Å². The molecule has 2 aromatic heterocycles. The van der Waals surface area contributed by atoms with Crippen molar-refractivity contribution in [1.29, 1.82) is 0 Å². The monoisotopic (exact) mass is 437 g/mol. The van der Waals surface area contributed by atoms with E-state index in [0.29, 0.717) is 40.9 Å². The smallest absolute Gasteiger partial charge is 0.264 e. The van der Waals surface area contributed by atoms with E-state index in [9.17, 15) is 9.59 Å². The molecule has 1 fully saturated rings. The molecule has 1 N–H and O–H groups in total. The summed E-state index contributed by atoms with van der Waals surface area (Å²) in [6, 6.07) is 12.2. The van der Waals surface area contributed by atoms with Gasteiger partial charge in [0, 0.05) is 12.6 Å². The normalized spacial score (nSPS) is 15.5. The van der Waals surface area contributed by atoms with Crippen molar-refractivity contribution in [2.24, 2.45) is 0 Å². The zero-order valence-corrected chi connectivity index (χ0v) is 18.1. The number of hydrogen-bond donors (Lipinski definition) is 1. The highest BCUT2D eigenvalue weighted by molar-refractivity contribution is 7.12. The van der Waals surface area contributed by atoms with Crippen molar-refractivity contribution in [3.63, 3.8) is 0 Å². The van der Waals surface area contributed by atoms with Crippen LogP contribution in [0.5, 0.6) is 17.4 Å². The number of nitrogens with one attached hydrogen (secondary N) is 1. The number of anilines is 1. The average Bonchev–Trinajstić information content (AvgIpc) is 3.48. The number of pyridine rings is 1. The third kappa shape index (κ3) is 4.69. The highest BCUT2D eigenvalue weighted by Gasteiger charge is 2.34. The molecule has 1 saturated heterocycles. The highest BCUT2D eigenvalue weighted by atomic mass is 32.1. The van der Waals surface area contributed by atoms with Gasteiger partial charge in [0.05, 0.1) is 23.9 Å². The van der Waals surface area contributed by atoms with Gasteiger partial charge in [0.1, 0.15) is 6.04 Å². The van der Waals surface area contributed by atoms with Gasteiger partial charge in [0.2, 0.25) is 11.8 Å². The van der Waals surface area contributed by atoms with Gasteiger partial charge in [-0.05, 0) is 55.0 Å². The summed E-state index contributed by atoms with van der Waals surface area (Å²) in [7, 11) is 1.59. The van der Waals surface area contributed by atoms with Crippen LogP contribution >= 0.6 is 11.3 Å². The second kappa shape index (κ2) is 9.18. The van der Waals surface area contributed by atoms with E-state index < -0.39 is 6.04 Å². The lowest BCUT2D eigenvalue weighted by molar-refractivity contribution is -0.119. The molecule has 3 aromatic rings. The molecule has 0 unspecified atom stereocenters. The van der Waals surface area contributed by atoms with Gasteiger partial charge in [-0.15, -0.1) is 11.3 Å². The molecule has 31 heavy (non-hydrogen) atoms. The molecule has 4 rings (SSSR count). The van der Waals surface area contributed by atoms with Crippen molar-refractivity contribution in [3.05, 3.63) is 64.5 Å². The topological polar surface area (TPSA) is 80.8 Å². The molecule has 0 spiro atoms. The van der Waals surface area contributed by atoms with E-state index in [2.05, 4.69) is 10.3 Å². The highest BCUT2D eigenvalue weighted by Crippen LogP contribution is 2.31. The van der Waals surface area contributed by atoms with Crippen LogP contribution in [0.3, 0.4) is 0 Å². The summed E-state index contributed by atoms with van der Waals surface area (Å²) >= 11 is 1.39. The number of methoxy groups -OCH3 is 1. The van der Waals surface area contributed by atoms with E-state index in [-0.39, 0.29) is 11.8 Å². The molecule has 1 aliphatic rings. The minimum absolute atomic E-state index is 0.0958. The fourth-order valence-electron chi connectivity index (χ4n) is 3.54. The number of carbonyl (C=O) groups is 2. The predicted molar refractivity (Wildman–Crippen MR) is 119 cm³/mol. The van der Waals surface area contributed by atoms with Crippen LogP contribution in [-0.4, -0.2) is 41.4 Å². The first-order chi connectivity index (χ1) is 15.0. The number of hydrogen-bond acceptors (Lipinski definition) is 6. The number of ether oxygens (including phenoxy) is 2. The number of aromatic nitrogens is 1. The summed E-state index contributed by atoms with van der Waals surface area (Å²) in [4.78, 5) is 32.1. The number of thiophene rings is 1. The largest absolute Gasteiger partial charge is 0.493 e. The molecule has 0 radical (unpaired) electrons. The molecule has 0 bridgehead atoms. The Morgan fingerprint density at radius 3 is 2.77 bits per heavy atom. The minimum Gasteiger partial charge on any atom is -0.493 e. The zero-order chi connectivity index (χ0) is 21.8. The van der Waals surface area contributed by atoms with Gasteiger partial charge in [0.25, 0.3) is 5.91 Å². The van der Waals surface area contributed by atoms with Crippen LogP contribution in [0.4, 0.5) is 5.69 Å². The van der Waals surface area contributed by atoms with Gasteiger partial charge in [0.15, 0.2) is 11.5 Å². The quantitative estimate of drug-likeness (QED) is 0.614. The van der Waals surface area contributed by atoms with Crippen molar-refractivity contribution in [1.82, 2.24) is 9.88 Å². The standard InChI is InChI=1S/C23H23N3O4S/c1-15-7-9-18(19(13-15)29-2)30-21-10-8-16(14-24-21)25-22(27)17-5-3-11-26(17)23(28)20-6-4-12-31-20/h4,6-10,12-14,17H,3,5,11H2,1-2H3,(H,25,27)/t17-/m0/s1. The first kappa shape index (κ1) is 20.9. The van der Waals surface area contributed by atoms with Crippen LogP contribution in [0.1, 0.15) is 28.1 Å². The lowest BCUT2D eigenvalue weighted by Crippen LogP contribution is -2.42. The second-order valence-electron chi connectivity index (χ2n) is 7.26. The van der Waals surface area contributed by atoms with Crippen molar-refractivity contribution in [2.45, 2.75) is 25.8 Å². The summed E-state index contributed by atoms with van der Waals surface area (Å²) in [5.74, 6) is 1.26. The molecule has 160 valence electrons. The van der Waals surface area contributed by atoms with Crippen LogP contribution in [-0.2, 0) is 4.79 Å². The van der Waals surface area contributed by atoms with Gasteiger partial charge in [-0.2, -0.15) is 0 Å². The van der Waals surface area contributed by atoms with Crippen LogP contribution in [0.2, 0.25) is 0 Å². The van der Waals surface area contributed by atoms with Gasteiger partial charge in [-0.25, -0.2) is 4.98 Å². The maximum absolute atomic E-state index is 12.8. The Kier molecular flexibility index (Phi) is 6.18. The summed E-state index contributed by atoms with van der Waals surface area (Å²) in [5.41, 5.74) is 1.61. The Hall–Kier alpha value is -3.39. The third-order valence-corrected chi connectivity index (χ3v) is 5.94. The number of likely N-dealkylation sites (tertiary alicyclic amines) is 1. The van der Waals surface area contributed by atoms with Crippen LogP contribution in [0, 0.1) is 6.92 Å². The van der Waals surface area contributed by atoms with Crippen LogP contribution in [0.25, 0.3) is 0 Å². The van der Waals surface area contributed by atoms with E-state index >= 15 is 0 Å². The first-order valence-corrected chi connectivity index (χ1v) is 10.9. The lowest BCUT2D eigenvalue weighted by atomic mass is 10.2. The number of amides is 2. The maximum Gasteiger partial charge on any atom is 0.264 e. The molecule has 8 heteroatoms. The molecule has 1 aliphatic heterocycles. The zero-order valence-electron chi connectivity index (χ0n) is 17.3. The summed E-state index contributed by atoms with van der Waals surface area (Å²) in [6.45, 7) is 2.56. The van der Waals surface area contributed by atoms with Crippen molar-refractivity contribution in [3.8, 4) is 17.4 Å². The van der Waals surface area contributed by atoms with Gasteiger partial charge < -0.3 is 19.7 Å². The van der Waals surface area contributed by atoms with Crippen molar-refractivity contribution >= 4 is 28.8 Å². The number of carbonyl (C=O) groups excluding carboxylic acids is 2. The number of aryl methyl sites for hydroxylation is 1. The molecule has 0 aliphatic carbocycles. The second-order valence-corrected chi connectivity index (χ2v) is 8.21. The van der Waals surface area contributed by atoms with E-state index in [4.69, 9.17) is 9.47 Å². The molecular formula is C23H23N3O4S. The SMILES string of the molecule is COc1cc(C)ccc1Oc1ccc(NC(=O)[C@@H]2CCCN2C(=O)c2cccs2)cn1. The van der Waals surface area contributed by atoms with E-state index in [0.717, 1.165) is 12.0 Å². The minimum atomic E-state index is -0.484. The number of nitrogens with zero attached hydrogens (tertiary/aromatic N) is 2. The Labute approximate surface area is 184 Å². The molecule has 1 aromatic carbocycles. The summed E-state index contributed by atoms with van der Waals surface area (Å²) in [5, 5.41) is 4.72. The Bertz CT molecular complexity index is 1070. The molecule has 2 amide bonds. The van der Waals surface area contributed by atoms with Crippen molar-refractivity contribution < 1.29 is 19.1 Å². The molecular weight excluding hydrogens is 414 g/mol.